The molecule has 1 aromatic carbocycles. The number of aromatic nitrogens is 1. The number of carbonyl (C=O) groups is 1. The zero-order valence-corrected chi connectivity index (χ0v) is 14.0. The van der Waals surface area contributed by atoms with E-state index in [9.17, 15) is 13.2 Å². The summed E-state index contributed by atoms with van der Waals surface area (Å²) in [5.41, 5.74) is 0.952. The van der Waals surface area contributed by atoms with Crippen molar-refractivity contribution < 1.29 is 17.9 Å². The lowest BCUT2D eigenvalue weighted by Crippen LogP contribution is -2.17. The minimum absolute atomic E-state index is 0.0992. The number of nitrogens with one attached hydrogen (secondary N) is 1. The predicted molar refractivity (Wildman–Crippen MR) is 87.2 cm³/mol. The number of amides is 1. The van der Waals surface area contributed by atoms with Crippen LogP contribution in [0.1, 0.15) is 17.0 Å². The first-order valence-electron chi connectivity index (χ1n) is 7.18. The third-order valence-electron chi connectivity index (χ3n) is 3.44. The largest absolute Gasteiger partial charge is 0.375 e. The van der Waals surface area contributed by atoms with Crippen LogP contribution in [0.15, 0.2) is 35.2 Å². The number of thiazole rings is 1. The molecule has 23 heavy (non-hydrogen) atoms. The Morgan fingerprint density at radius 3 is 2.83 bits per heavy atom. The number of benzene rings is 1. The summed E-state index contributed by atoms with van der Waals surface area (Å²) in [5.74, 6) is -0.576. The lowest BCUT2D eigenvalue weighted by atomic mass is 10.2. The topological polar surface area (TPSA) is 85.4 Å². The van der Waals surface area contributed by atoms with Gasteiger partial charge in [0.05, 0.1) is 34.4 Å². The van der Waals surface area contributed by atoms with E-state index < -0.39 is 9.84 Å². The first-order chi connectivity index (χ1) is 11.0. The molecule has 3 rings (SSSR count). The Morgan fingerprint density at radius 1 is 1.30 bits per heavy atom. The van der Waals surface area contributed by atoms with Gasteiger partial charge >= 0.3 is 0 Å². The summed E-state index contributed by atoms with van der Waals surface area (Å²) < 4.78 is 29.6. The van der Waals surface area contributed by atoms with Gasteiger partial charge in [-0.3, -0.25) is 4.79 Å². The molecule has 1 aliphatic heterocycles. The first-order valence-corrected chi connectivity index (χ1v) is 9.65. The molecule has 0 bridgehead atoms. The van der Waals surface area contributed by atoms with Gasteiger partial charge in [-0.15, -0.1) is 0 Å². The van der Waals surface area contributed by atoms with Gasteiger partial charge < -0.3 is 10.1 Å². The molecule has 0 aliphatic carbocycles. The Labute approximate surface area is 138 Å². The molecule has 2 heterocycles. The summed E-state index contributed by atoms with van der Waals surface area (Å²) in [4.78, 5) is 17.6. The molecule has 6 nitrogen and oxygen atoms in total. The van der Waals surface area contributed by atoms with E-state index in [4.69, 9.17) is 4.74 Å². The fourth-order valence-electron chi connectivity index (χ4n) is 2.23. The molecule has 0 spiro atoms. The number of sulfone groups is 1. The summed E-state index contributed by atoms with van der Waals surface area (Å²) in [6.07, 6.45) is 0.641. The normalized spacial score (nSPS) is 14.3. The van der Waals surface area contributed by atoms with Crippen LogP contribution in [0, 0.1) is 0 Å². The van der Waals surface area contributed by atoms with Gasteiger partial charge in [0.25, 0.3) is 0 Å². The molecular formula is C15H16N2O4S2. The molecule has 122 valence electrons. The summed E-state index contributed by atoms with van der Waals surface area (Å²) in [6, 6.07) is 8.13. The minimum Gasteiger partial charge on any atom is -0.375 e. The van der Waals surface area contributed by atoms with Gasteiger partial charge in [0.1, 0.15) is 0 Å². The molecule has 0 radical (unpaired) electrons. The zero-order valence-electron chi connectivity index (χ0n) is 12.3. The van der Waals surface area contributed by atoms with Crippen LogP contribution in [0.5, 0.6) is 0 Å². The van der Waals surface area contributed by atoms with Crippen molar-refractivity contribution in [2.45, 2.75) is 24.3 Å². The van der Waals surface area contributed by atoms with Gasteiger partial charge in [-0.25, -0.2) is 13.4 Å². The van der Waals surface area contributed by atoms with Crippen molar-refractivity contribution in [3.05, 3.63) is 40.9 Å². The van der Waals surface area contributed by atoms with Crippen LogP contribution in [0.2, 0.25) is 0 Å². The number of nitrogens with zero attached hydrogens (tertiary/aromatic N) is 1. The van der Waals surface area contributed by atoms with Crippen LogP contribution < -0.4 is 5.32 Å². The highest BCUT2D eigenvalue weighted by Crippen LogP contribution is 2.27. The van der Waals surface area contributed by atoms with Crippen molar-refractivity contribution in [2.24, 2.45) is 0 Å². The predicted octanol–water partition coefficient (Wildman–Crippen LogP) is 2.02. The van der Waals surface area contributed by atoms with Gasteiger partial charge in [0, 0.05) is 12.8 Å². The van der Waals surface area contributed by atoms with Crippen LogP contribution in [0.3, 0.4) is 0 Å². The van der Waals surface area contributed by atoms with Crippen LogP contribution >= 0.6 is 11.3 Å². The Hall–Kier alpha value is -1.77. The Morgan fingerprint density at radius 2 is 2.09 bits per heavy atom. The molecule has 0 saturated heterocycles. The highest BCUT2D eigenvalue weighted by molar-refractivity contribution is 7.91. The smallest absolute Gasteiger partial charge is 0.227 e. The summed E-state index contributed by atoms with van der Waals surface area (Å²) in [6.45, 7) is 1.16. The van der Waals surface area contributed by atoms with E-state index >= 15 is 0 Å². The van der Waals surface area contributed by atoms with Crippen molar-refractivity contribution >= 4 is 32.2 Å². The molecule has 2 aromatic rings. The molecule has 0 unspecified atom stereocenters. The van der Waals surface area contributed by atoms with Crippen molar-refractivity contribution in [3.63, 3.8) is 0 Å². The molecular weight excluding hydrogens is 336 g/mol. The van der Waals surface area contributed by atoms with E-state index in [2.05, 4.69) is 10.3 Å². The van der Waals surface area contributed by atoms with E-state index in [0.29, 0.717) is 18.3 Å². The van der Waals surface area contributed by atoms with Crippen LogP contribution in [0.25, 0.3) is 0 Å². The zero-order chi connectivity index (χ0) is 16.3. The number of hydrogen-bond donors (Lipinski definition) is 1. The Kier molecular flexibility index (Phi) is 4.74. The molecule has 8 heteroatoms. The third-order valence-corrected chi connectivity index (χ3v) is 6.16. The van der Waals surface area contributed by atoms with Crippen molar-refractivity contribution in [3.8, 4) is 0 Å². The van der Waals surface area contributed by atoms with Crippen molar-refractivity contribution in [1.82, 2.24) is 4.98 Å². The van der Waals surface area contributed by atoms with Gasteiger partial charge in [-0.1, -0.05) is 29.5 Å². The van der Waals surface area contributed by atoms with Crippen molar-refractivity contribution in [2.75, 3.05) is 17.7 Å². The van der Waals surface area contributed by atoms with Gasteiger partial charge in [0.2, 0.25) is 5.91 Å². The third kappa shape index (κ3) is 3.95. The monoisotopic (exact) mass is 352 g/mol. The van der Waals surface area contributed by atoms with Gasteiger partial charge in [0.15, 0.2) is 15.0 Å². The second-order valence-electron chi connectivity index (χ2n) is 5.12. The highest BCUT2D eigenvalue weighted by Gasteiger charge is 2.19. The average molecular weight is 352 g/mol. The maximum absolute atomic E-state index is 12.1. The molecule has 1 aromatic heterocycles. The molecule has 1 aliphatic rings. The van der Waals surface area contributed by atoms with Crippen molar-refractivity contribution in [1.29, 1.82) is 0 Å². The van der Waals surface area contributed by atoms with E-state index in [0.717, 1.165) is 17.0 Å². The van der Waals surface area contributed by atoms with E-state index in [-0.39, 0.29) is 23.0 Å². The average Bonchev–Trinajstić information content (AvgIpc) is 2.96. The Bertz CT molecular complexity index is 777. The lowest BCUT2D eigenvalue weighted by Gasteiger charge is -2.08. The molecule has 1 amide bonds. The first kappa shape index (κ1) is 16.1. The second kappa shape index (κ2) is 6.77. The van der Waals surface area contributed by atoms with Crippen LogP contribution in [-0.4, -0.2) is 31.7 Å². The fourth-order valence-corrected chi connectivity index (χ4v) is 4.46. The molecule has 1 N–H and O–H groups in total. The SMILES string of the molecule is O=C(CCS(=O)(=O)c1ccccc1)Nc1nc2c(s1)COCC2. The quantitative estimate of drug-likeness (QED) is 0.890. The summed E-state index contributed by atoms with van der Waals surface area (Å²) in [7, 11) is -3.45. The number of carbonyl (C=O) groups excluding carboxylic acids is 1. The second-order valence-corrected chi connectivity index (χ2v) is 8.31. The number of hydrogen-bond acceptors (Lipinski definition) is 6. The van der Waals surface area contributed by atoms with Crippen LogP contribution in [-0.2, 0) is 32.4 Å². The molecule has 0 saturated carbocycles. The molecule has 0 atom stereocenters. The standard InChI is InChI=1S/C15H16N2O4S2/c18-14(7-9-23(19,20)11-4-2-1-3-5-11)17-15-16-12-6-8-21-10-13(12)22-15/h1-5H,6-10H2,(H,16,17,18). The maximum atomic E-state index is 12.1. The summed E-state index contributed by atoms with van der Waals surface area (Å²) >= 11 is 1.38. The number of fused-ring (bicyclic) bond motifs is 1. The lowest BCUT2D eigenvalue weighted by molar-refractivity contribution is -0.115. The Balaban J connectivity index is 1.58. The fraction of sp³-hybridized carbons (Fsp3) is 0.333. The number of anilines is 1. The van der Waals surface area contributed by atoms with Gasteiger partial charge in [-0.2, -0.15) is 0 Å². The van der Waals surface area contributed by atoms with E-state index in [1.807, 2.05) is 0 Å². The van der Waals surface area contributed by atoms with E-state index in [1.54, 1.807) is 18.2 Å². The van der Waals surface area contributed by atoms with E-state index in [1.165, 1.54) is 23.5 Å². The summed E-state index contributed by atoms with van der Waals surface area (Å²) in [5, 5.41) is 3.17. The molecule has 0 fully saturated rings. The minimum atomic E-state index is -3.45. The van der Waals surface area contributed by atoms with Crippen LogP contribution in [0.4, 0.5) is 5.13 Å². The highest BCUT2D eigenvalue weighted by atomic mass is 32.2. The maximum Gasteiger partial charge on any atom is 0.227 e. The van der Waals surface area contributed by atoms with Gasteiger partial charge in [-0.05, 0) is 12.1 Å². The number of ether oxygens (including phenoxy) is 1. The number of rotatable bonds is 5.